The lowest BCUT2D eigenvalue weighted by Gasteiger charge is -2.09. The summed E-state index contributed by atoms with van der Waals surface area (Å²) in [5.74, 6) is 0.577. The van der Waals surface area contributed by atoms with Crippen molar-refractivity contribution < 1.29 is 9.21 Å². The van der Waals surface area contributed by atoms with Crippen LogP contribution in [0.15, 0.2) is 33.2 Å². The number of rotatable bonds is 6. The van der Waals surface area contributed by atoms with E-state index in [4.69, 9.17) is 10.2 Å². The highest BCUT2D eigenvalue weighted by Crippen LogP contribution is 2.26. The summed E-state index contributed by atoms with van der Waals surface area (Å²) in [4.78, 5) is 10.8. The summed E-state index contributed by atoms with van der Waals surface area (Å²) in [5, 5.41) is 11.1. The van der Waals surface area contributed by atoms with E-state index in [2.05, 4.69) is 31.4 Å². The maximum atomic E-state index is 10.8. The predicted octanol–water partition coefficient (Wildman–Crippen LogP) is 1.85. The summed E-state index contributed by atoms with van der Waals surface area (Å²) < 4.78 is 6.47. The highest BCUT2D eigenvalue weighted by molar-refractivity contribution is 9.10. The van der Waals surface area contributed by atoms with Gasteiger partial charge >= 0.3 is 0 Å². The van der Waals surface area contributed by atoms with E-state index in [1.165, 1.54) is 0 Å². The molecule has 0 aliphatic carbocycles. The molecule has 0 saturated carbocycles. The Labute approximate surface area is 124 Å². The van der Waals surface area contributed by atoms with Crippen molar-refractivity contribution in [3.63, 3.8) is 0 Å². The summed E-state index contributed by atoms with van der Waals surface area (Å²) >= 11 is 3.44. The number of halogens is 1. The van der Waals surface area contributed by atoms with Crippen LogP contribution in [0.1, 0.15) is 19.2 Å². The van der Waals surface area contributed by atoms with E-state index in [0.717, 1.165) is 10.0 Å². The third kappa shape index (κ3) is 3.88. The van der Waals surface area contributed by atoms with Crippen LogP contribution >= 0.6 is 15.9 Å². The fourth-order valence-electron chi connectivity index (χ4n) is 1.70. The van der Waals surface area contributed by atoms with Crippen LogP contribution in [0.3, 0.4) is 0 Å². The summed E-state index contributed by atoms with van der Waals surface area (Å²) in [7, 11) is 0. The third-order valence-electron chi connectivity index (χ3n) is 2.68. The number of carbonyl (C=O) groups is 1. The molecule has 1 unspecified atom stereocenters. The van der Waals surface area contributed by atoms with Crippen LogP contribution in [0, 0.1) is 0 Å². The fraction of sp³-hybridized carbons (Fsp3) is 0.308. The molecule has 0 aliphatic rings. The molecule has 0 aliphatic heterocycles. The Bertz CT molecular complexity index is 600. The van der Waals surface area contributed by atoms with Gasteiger partial charge in [-0.3, -0.25) is 4.79 Å². The van der Waals surface area contributed by atoms with Crippen molar-refractivity contribution in [3.8, 4) is 11.5 Å². The van der Waals surface area contributed by atoms with Crippen LogP contribution in [0.25, 0.3) is 11.5 Å². The maximum absolute atomic E-state index is 10.8. The van der Waals surface area contributed by atoms with E-state index in [1.807, 2.05) is 31.2 Å². The molecule has 1 heterocycles. The van der Waals surface area contributed by atoms with E-state index in [-0.39, 0.29) is 18.4 Å². The van der Waals surface area contributed by atoms with Gasteiger partial charge in [0.2, 0.25) is 17.7 Å². The summed E-state index contributed by atoms with van der Waals surface area (Å²) in [6.45, 7) is 2.27. The van der Waals surface area contributed by atoms with Crippen LogP contribution in [0.5, 0.6) is 0 Å². The first-order valence-corrected chi connectivity index (χ1v) is 6.94. The van der Waals surface area contributed by atoms with Crippen LogP contribution in [0.2, 0.25) is 0 Å². The average molecular weight is 339 g/mol. The topological polar surface area (TPSA) is 94.0 Å². The van der Waals surface area contributed by atoms with E-state index in [9.17, 15) is 4.79 Å². The molecule has 3 N–H and O–H groups in total. The first-order valence-electron chi connectivity index (χ1n) is 6.15. The maximum Gasteiger partial charge on any atom is 0.248 e. The van der Waals surface area contributed by atoms with Crippen molar-refractivity contribution >= 4 is 21.8 Å². The molecule has 0 fully saturated rings. The Morgan fingerprint density at radius 3 is 2.90 bits per heavy atom. The van der Waals surface area contributed by atoms with E-state index >= 15 is 0 Å². The van der Waals surface area contributed by atoms with Gasteiger partial charge in [-0.15, -0.1) is 10.2 Å². The van der Waals surface area contributed by atoms with Gasteiger partial charge in [0.05, 0.1) is 12.1 Å². The number of primary amides is 1. The number of carbonyl (C=O) groups excluding carboxylic acids is 1. The van der Waals surface area contributed by atoms with Gasteiger partial charge in [0.25, 0.3) is 0 Å². The predicted molar refractivity (Wildman–Crippen MR) is 77.5 cm³/mol. The Kier molecular flexibility index (Phi) is 4.86. The molecule has 7 heteroatoms. The Balaban J connectivity index is 1.99. The number of nitrogens with one attached hydrogen (secondary N) is 1. The highest BCUT2D eigenvalue weighted by atomic mass is 79.9. The monoisotopic (exact) mass is 338 g/mol. The van der Waals surface area contributed by atoms with Gasteiger partial charge < -0.3 is 15.5 Å². The molecule has 1 aromatic heterocycles. The molecule has 1 aromatic carbocycles. The molecule has 20 heavy (non-hydrogen) atoms. The summed E-state index contributed by atoms with van der Waals surface area (Å²) in [5.41, 5.74) is 5.97. The van der Waals surface area contributed by atoms with Crippen molar-refractivity contribution in [1.82, 2.24) is 15.5 Å². The number of hydrogen-bond acceptors (Lipinski definition) is 5. The van der Waals surface area contributed by atoms with E-state index < -0.39 is 0 Å². The molecule has 2 aromatic rings. The number of nitrogens with zero attached hydrogens (tertiary/aromatic N) is 2. The van der Waals surface area contributed by atoms with Gasteiger partial charge in [0.15, 0.2) is 0 Å². The molecular weight excluding hydrogens is 324 g/mol. The molecule has 0 saturated heterocycles. The van der Waals surface area contributed by atoms with Crippen molar-refractivity contribution in [1.29, 1.82) is 0 Å². The van der Waals surface area contributed by atoms with Crippen molar-refractivity contribution in [2.45, 2.75) is 25.9 Å². The second-order valence-corrected chi connectivity index (χ2v) is 5.29. The van der Waals surface area contributed by atoms with Crippen molar-refractivity contribution in [2.75, 3.05) is 0 Å². The number of aromatic nitrogens is 2. The minimum absolute atomic E-state index is 0.0358. The zero-order valence-corrected chi connectivity index (χ0v) is 12.6. The Hall–Kier alpha value is -1.73. The van der Waals surface area contributed by atoms with Crippen LogP contribution in [-0.2, 0) is 11.3 Å². The van der Waals surface area contributed by atoms with E-state index in [0.29, 0.717) is 18.3 Å². The second-order valence-electron chi connectivity index (χ2n) is 4.43. The molecule has 1 amide bonds. The Morgan fingerprint density at radius 2 is 2.20 bits per heavy atom. The van der Waals surface area contributed by atoms with Gasteiger partial charge in [-0.2, -0.15) is 0 Å². The first-order chi connectivity index (χ1) is 9.56. The molecule has 0 radical (unpaired) electrons. The number of amides is 1. The lowest BCUT2D eigenvalue weighted by Crippen LogP contribution is -2.30. The van der Waals surface area contributed by atoms with Gasteiger partial charge in [0.1, 0.15) is 0 Å². The first kappa shape index (κ1) is 14.7. The molecule has 6 nitrogen and oxygen atoms in total. The van der Waals surface area contributed by atoms with Crippen LogP contribution < -0.4 is 11.1 Å². The lowest BCUT2D eigenvalue weighted by atomic mass is 10.2. The van der Waals surface area contributed by atoms with Crippen LogP contribution in [0.4, 0.5) is 0 Å². The van der Waals surface area contributed by atoms with Gasteiger partial charge in [0, 0.05) is 16.9 Å². The smallest absolute Gasteiger partial charge is 0.248 e. The standard InChI is InChI=1S/C13H15BrN4O2/c1-8(6-11(15)19)16-7-12-17-18-13(20-12)9-4-2-3-5-10(9)14/h2-5,8,16H,6-7H2,1H3,(H2,15,19). The lowest BCUT2D eigenvalue weighted by molar-refractivity contribution is -0.118. The SMILES string of the molecule is CC(CC(N)=O)NCc1nnc(-c2ccccc2Br)o1. The molecule has 0 spiro atoms. The molecule has 2 rings (SSSR count). The molecular formula is C13H15BrN4O2. The van der Waals surface area contributed by atoms with Gasteiger partial charge in [-0.1, -0.05) is 12.1 Å². The Morgan fingerprint density at radius 1 is 1.45 bits per heavy atom. The molecule has 0 bridgehead atoms. The second kappa shape index (κ2) is 6.62. The normalized spacial score (nSPS) is 12.3. The quantitative estimate of drug-likeness (QED) is 0.838. The zero-order valence-electron chi connectivity index (χ0n) is 11.0. The summed E-state index contributed by atoms with van der Waals surface area (Å²) in [6.07, 6.45) is 0.269. The zero-order chi connectivity index (χ0) is 14.5. The van der Waals surface area contributed by atoms with E-state index in [1.54, 1.807) is 0 Å². The summed E-state index contributed by atoms with van der Waals surface area (Å²) in [6, 6.07) is 7.58. The van der Waals surface area contributed by atoms with Gasteiger partial charge in [-0.05, 0) is 35.0 Å². The molecule has 106 valence electrons. The van der Waals surface area contributed by atoms with Crippen LogP contribution in [-0.4, -0.2) is 22.1 Å². The number of benzene rings is 1. The minimum Gasteiger partial charge on any atom is -0.419 e. The molecule has 1 atom stereocenters. The number of nitrogens with two attached hydrogens (primary N) is 1. The third-order valence-corrected chi connectivity index (χ3v) is 3.37. The van der Waals surface area contributed by atoms with Crippen molar-refractivity contribution in [3.05, 3.63) is 34.6 Å². The van der Waals surface area contributed by atoms with Crippen molar-refractivity contribution in [2.24, 2.45) is 5.73 Å². The average Bonchev–Trinajstić information content (AvgIpc) is 2.85. The van der Waals surface area contributed by atoms with Gasteiger partial charge in [-0.25, -0.2) is 0 Å². The highest BCUT2D eigenvalue weighted by Gasteiger charge is 2.12. The number of hydrogen-bond donors (Lipinski definition) is 2. The largest absolute Gasteiger partial charge is 0.419 e. The fourth-order valence-corrected chi connectivity index (χ4v) is 2.16. The minimum atomic E-state index is -0.343.